The van der Waals surface area contributed by atoms with Gasteiger partial charge in [-0.05, 0) is 5.56 Å². The Hall–Kier alpha value is -1.64. The smallest absolute Gasteiger partial charge is 0.217 e. The summed E-state index contributed by atoms with van der Waals surface area (Å²) in [6, 6.07) is 9.25. The standard InChI is InChI=1S/C11H13NO2/c1-9(14)12-11(7-8-13)10-5-3-2-4-6-10/h2-6,8,11H,7H2,1H3,(H,12,14)/t11-/m1/s1. The molecule has 1 rings (SSSR count). The van der Waals surface area contributed by atoms with Crippen LogP contribution in [0, 0.1) is 0 Å². The number of carbonyl (C=O) groups is 2. The van der Waals surface area contributed by atoms with E-state index in [1.807, 2.05) is 30.3 Å². The summed E-state index contributed by atoms with van der Waals surface area (Å²) in [6.07, 6.45) is 1.12. The van der Waals surface area contributed by atoms with Gasteiger partial charge in [-0.2, -0.15) is 0 Å². The van der Waals surface area contributed by atoms with Crippen molar-refractivity contribution in [1.29, 1.82) is 0 Å². The van der Waals surface area contributed by atoms with Gasteiger partial charge in [0, 0.05) is 13.3 Å². The summed E-state index contributed by atoms with van der Waals surface area (Å²) in [7, 11) is 0. The van der Waals surface area contributed by atoms with Crippen LogP contribution in [0.4, 0.5) is 0 Å². The molecule has 1 N–H and O–H groups in total. The van der Waals surface area contributed by atoms with E-state index in [0.717, 1.165) is 11.8 Å². The molecule has 0 heterocycles. The van der Waals surface area contributed by atoms with Crippen LogP contribution in [-0.2, 0) is 9.59 Å². The molecule has 3 nitrogen and oxygen atoms in total. The van der Waals surface area contributed by atoms with Crippen molar-refractivity contribution in [3.8, 4) is 0 Å². The quantitative estimate of drug-likeness (QED) is 0.732. The summed E-state index contributed by atoms with van der Waals surface area (Å²) in [5.41, 5.74) is 0.954. The summed E-state index contributed by atoms with van der Waals surface area (Å²) in [6.45, 7) is 1.45. The summed E-state index contributed by atoms with van der Waals surface area (Å²) < 4.78 is 0. The predicted molar refractivity (Wildman–Crippen MR) is 53.7 cm³/mol. The zero-order chi connectivity index (χ0) is 10.4. The van der Waals surface area contributed by atoms with Gasteiger partial charge in [0.05, 0.1) is 6.04 Å². The van der Waals surface area contributed by atoms with Gasteiger partial charge in [-0.1, -0.05) is 30.3 Å². The Bertz CT molecular complexity index is 308. The Balaban J connectivity index is 2.77. The topological polar surface area (TPSA) is 46.2 Å². The van der Waals surface area contributed by atoms with Crippen LogP contribution in [-0.4, -0.2) is 12.2 Å². The molecule has 0 saturated heterocycles. The molecular weight excluding hydrogens is 178 g/mol. The fourth-order valence-electron chi connectivity index (χ4n) is 1.31. The Morgan fingerprint density at radius 3 is 2.57 bits per heavy atom. The lowest BCUT2D eigenvalue weighted by Crippen LogP contribution is -2.26. The second-order valence-corrected chi connectivity index (χ2v) is 3.07. The van der Waals surface area contributed by atoms with Crippen molar-refractivity contribution >= 4 is 12.2 Å². The lowest BCUT2D eigenvalue weighted by molar-refractivity contribution is -0.119. The molecule has 1 atom stereocenters. The molecule has 0 aliphatic heterocycles. The third-order valence-corrected chi connectivity index (χ3v) is 1.91. The van der Waals surface area contributed by atoms with Gasteiger partial charge in [-0.15, -0.1) is 0 Å². The summed E-state index contributed by atoms with van der Waals surface area (Å²) >= 11 is 0. The second kappa shape index (κ2) is 5.17. The molecule has 0 aliphatic carbocycles. The lowest BCUT2D eigenvalue weighted by Gasteiger charge is -2.15. The molecule has 3 heteroatoms. The first-order valence-electron chi connectivity index (χ1n) is 4.49. The average Bonchev–Trinajstić information content (AvgIpc) is 2.18. The van der Waals surface area contributed by atoms with Crippen molar-refractivity contribution in [2.45, 2.75) is 19.4 Å². The predicted octanol–water partition coefficient (Wildman–Crippen LogP) is 1.45. The molecular formula is C11H13NO2. The molecule has 0 aliphatic rings. The van der Waals surface area contributed by atoms with Crippen LogP contribution in [0.5, 0.6) is 0 Å². The number of rotatable bonds is 4. The minimum atomic E-state index is -0.203. The van der Waals surface area contributed by atoms with E-state index in [1.54, 1.807) is 0 Å². The summed E-state index contributed by atoms with van der Waals surface area (Å²) in [4.78, 5) is 21.3. The number of nitrogens with one attached hydrogen (secondary N) is 1. The zero-order valence-electron chi connectivity index (χ0n) is 8.07. The molecule has 74 valence electrons. The van der Waals surface area contributed by atoms with Crippen molar-refractivity contribution in [2.75, 3.05) is 0 Å². The highest BCUT2D eigenvalue weighted by molar-refractivity contribution is 5.74. The van der Waals surface area contributed by atoms with Gasteiger partial charge in [0.25, 0.3) is 0 Å². The lowest BCUT2D eigenvalue weighted by atomic mass is 10.0. The zero-order valence-corrected chi connectivity index (χ0v) is 8.07. The van der Waals surface area contributed by atoms with Gasteiger partial charge in [0.1, 0.15) is 6.29 Å². The van der Waals surface area contributed by atoms with Crippen LogP contribution in [0.2, 0.25) is 0 Å². The molecule has 0 aromatic heterocycles. The van der Waals surface area contributed by atoms with E-state index < -0.39 is 0 Å². The van der Waals surface area contributed by atoms with Crippen LogP contribution >= 0.6 is 0 Å². The van der Waals surface area contributed by atoms with E-state index in [1.165, 1.54) is 6.92 Å². The first-order chi connectivity index (χ1) is 6.74. The first kappa shape index (κ1) is 10.4. The van der Waals surface area contributed by atoms with Crippen LogP contribution in [0.3, 0.4) is 0 Å². The Labute approximate surface area is 83.1 Å². The fourth-order valence-corrected chi connectivity index (χ4v) is 1.31. The van der Waals surface area contributed by atoms with Crippen molar-refractivity contribution in [3.05, 3.63) is 35.9 Å². The average molecular weight is 191 g/mol. The third kappa shape index (κ3) is 3.01. The van der Waals surface area contributed by atoms with E-state index in [-0.39, 0.29) is 11.9 Å². The van der Waals surface area contributed by atoms with Gasteiger partial charge in [-0.3, -0.25) is 4.79 Å². The molecule has 0 unspecified atom stereocenters. The molecule has 0 fully saturated rings. The highest BCUT2D eigenvalue weighted by atomic mass is 16.1. The summed E-state index contributed by atoms with van der Waals surface area (Å²) in [5.74, 6) is -0.124. The first-order valence-corrected chi connectivity index (χ1v) is 4.49. The Morgan fingerprint density at radius 1 is 1.43 bits per heavy atom. The van der Waals surface area contributed by atoms with Crippen LogP contribution in [0.1, 0.15) is 24.9 Å². The van der Waals surface area contributed by atoms with E-state index in [0.29, 0.717) is 6.42 Å². The molecule has 0 bridgehead atoms. The van der Waals surface area contributed by atoms with E-state index in [2.05, 4.69) is 5.32 Å². The third-order valence-electron chi connectivity index (χ3n) is 1.91. The number of benzene rings is 1. The van der Waals surface area contributed by atoms with E-state index in [4.69, 9.17) is 0 Å². The molecule has 0 radical (unpaired) electrons. The number of hydrogen-bond donors (Lipinski definition) is 1. The SMILES string of the molecule is CC(=O)N[C@H](CC=O)c1ccccc1. The van der Waals surface area contributed by atoms with Gasteiger partial charge >= 0.3 is 0 Å². The van der Waals surface area contributed by atoms with Crippen molar-refractivity contribution in [1.82, 2.24) is 5.32 Å². The maximum Gasteiger partial charge on any atom is 0.217 e. The molecule has 1 amide bonds. The van der Waals surface area contributed by atoms with Gasteiger partial charge in [0.15, 0.2) is 0 Å². The van der Waals surface area contributed by atoms with Crippen molar-refractivity contribution < 1.29 is 9.59 Å². The normalized spacial score (nSPS) is 11.8. The molecule has 0 spiro atoms. The highest BCUT2D eigenvalue weighted by Crippen LogP contribution is 2.14. The molecule has 1 aromatic rings. The number of amides is 1. The molecule has 1 aromatic carbocycles. The fraction of sp³-hybridized carbons (Fsp3) is 0.273. The minimum Gasteiger partial charge on any atom is -0.349 e. The Morgan fingerprint density at radius 2 is 2.07 bits per heavy atom. The van der Waals surface area contributed by atoms with Crippen LogP contribution in [0.15, 0.2) is 30.3 Å². The molecule has 14 heavy (non-hydrogen) atoms. The van der Waals surface area contributed by atoms with Crippen molar-refractivity contribution in [2.24, 2.45) is 0 Å². The maximum atomic E-state index is 10.9. The maximum absolute atomic E-state index is 10.9. The second-order valence-electron chi connectivity index (χ2n) is 3.07. The largest absolute Gasteiger partial charge is 0.349 e. The highest BCUT2D eigenvalue weighted by Gasteiger charge is 2.10. The van der Waals surface area contributed by atoms with Crippen LogP contribution < -0.4 is 5.32 Å². The Kier molecular flexibility index (Phi) is 3.85. The monoisotopic (exact) mass is 191 g/mol. The number of carbonyl (C=O) groups excluding carboxylic acids is 2. The van der Waals surface area contributed by atoms with Gasteiger partial charge in [-0.25, -0.2) is 0 Å². The van der Waals surface area contributed by atoms with E-state index in [9.17, 15) is 9.59 Å². The number of hydrogen-bond acceptors (Lipinski definition) is 2. The van der Waals surface area contributed by atoms with E-state index >= 15 is 0 Å². The minimum absolute atomic E-state index is 0.124. The van der Waals surface area contributed by atoms with Gasteiger partial charge in [0.2, 0.25) is 5.91 Å². The van der Waals surface area contributed by atoms with Crippen molar-refractivity contribution in [3.63, 3.8) is 0 Å². The van der Waals surface area contributed by atoms with Gasteiger partial charge < -0.3 is 10.1 Å². The number of aldehydes is 1. The molecule has 0 saturated carbocycles. The van der Waals surface area contributed by atoms with Crippen LogP contribution in [0.25, 0.3) is 0 Å². The summed E-state index contributed by atoms with van der Waals surface area (Å²) in [5, 5.41) is 2.73.